The van der Waals surface area contributed by atoms with E-state index in [0.717, 1.165) is 49.7 Å². The van der Waals surface area contributed by atoms with Crippen molar-refractivity contribution in [2.45, 2.75) is 53.9 Å². The molecule has 37 heavy (non-hydrogen) atoms. The zero-order chi connectivity index (χ0) is 27.1. The number of nitrogens with one attached hydrogen (secondary N) is 1. The molecule has 196 valence electrons. The zero-order valence-electron chi connectivity index (χ0n) is 21.7. The third kappa shape index (κ3) is 4.97. The first-order chi connectivity index (χ1) is 17.4. The zero-order valence-corrected chi connectivity index (χ0v) is 21.7. The Morgan fingerprint density at radius 2 is 1.78 bits per heavy atom. The molecule has 4 rings (SSSR count). The first kappa shape index (κ1) is 26.0. The highest BCUT2D eigenvalue weighted by atomic mass is 16.4. The van der Waals surface area contributed by atoms with E-state index in [2.05, 4.69) is 5.32 Å². The van der Waals surface area contributed by atoms with Crippen LogP contribution in [0, 0.1) is 19.3 Å². The highest BCUT2D eigenvalue weighted by molar-refractivity contribution is 5.97. The van der Waals surface area contributed by atoms with Gasteiger partial charge in [0.25, 0.3) is 0 Å². The number of urea groups is 2. The summed E-state index contributed by atoms with van der Waals surface area (Å²) in [4.78, 5) is 40.9. The molecule has 0 spiro atoms. The monoisotopic (exact) mass is 507 g/mol. The van der Waals surface area contributed by atoms with Crippen LogP contribution in [-0.4, -0.2) is 50.8 Å². The van der Waals surface area contributed by atoms with Crippen LogP contribution in [0.15, 0.2) is 46.9 Å². The van der Waals surface area contributed by atoms with E-state index in [9.17, 15) is 19.5 Å². The van der Waals surface area contributed by atoms with Crippen molar-refractivity contribution < 1.29 is 23.9 Å². The van der Waals surface area contributed by atoms with Crippen molar-refractivity contribution in [1.82, 2.24) is 14.8 Å². The molecule has 0 saturated carbocycles. The van der Waals surface area contributed by atoms with Crippen molar-refractivity contribution in [3.05, 3.63) is 64.9 Å². The smallest absolute Gasteiger partial charge is 0.345 e. The normalized spacial score (nSPS) is 16.6. The number of benzene rings is 2. The Morgan fingerprint density at radius 1 is 1.11 bits per heavy atom. The lowest BCUT2D eigenvalue weighted by molar-refractivity contribution is -0.147. The number of rotatable bonds is 8. The Labute approximate surface area is 215 Å². The van der Waals surface area contributed by atoms with Crippen LogP contribution in [0.3, 0.4) is 0 Å². The molecular weight excluding hydrogens is 474 g/mol. The van der Waals surface area contributed by atoms with Crippen molar-refractivity contribution in [2.24, 2.45) is 11.3 Å². The second kappa shape index (κ2) is 9.78. The first-order valence-electron chi connectivity index (χ1n) is 12.2. The number of hydrogen-bond acceptors (Lipinski definition) is 6. The summed E-state index contributed by atoms with van der Waals surface area (Å²) in [5.41, 5.74) is 2.97. The van der Waals surface area contributed by atoms with Gasteiger partial charge >= 0.3 is 18.0 Å². The number of carboxylic acid groups (broad SMARTS) is 1. The number of imide groups is 1. The number of anilines is 1. The number of amides is 4. The number of carboxylic acids is 1. The molecule has 0 radical (unpaired) electrons. The van der Waals surface area contributed by atoms with Gasteiger partial charge in [0.2, 0.25) is 6.29 Å². The molecule has 4 N–H and O–H groups in total. The van der Waals surface area contributed by atoms with Gasteiger partial charge in [-0.05, 0) is 57.0 Å². The second-order valence-electron chi connectivity index (χ2n) is 10.1. The highest BCUT2D eigenvalue weighted by Crippen LogP contribution is 2.30. The van der Waals surface area contributed by atoms with Gasteiger partial charge in [0.05, 0.1) is 12.0 Å². The van der Waals surface area contributed by atoms with E-state index >= 15 is 0 Å². The lowest BCUT2D eigenvalue weighted by Crippen LogP contribution is -2.71. The number of aryl methyl sites for hydroxylation is 3. The van der Waals surface area contributed by atoms with Gasteiger partial charge in [0.15, 0.2) is 0 Å². The van der Waals surface area contributed by atoms with E-state index in [-0.39, 0.29) is 13.1 Å². The van der Waals surface area contributed by atoms with Crippen LogP contribution in [0.2, 0.25) is 0 Å². The van der Waals surface area contributed by atoms with Crippen LogP contribution in [0.5, 0.6) is 0 Å². The summed E-state index contributed by atoms with van der Waals surface area (Å²) >= 11 is 0. The van der Waals surface area contributed by atoms with Gasteiger partial charge in [-0.25, -0.2) is 25.3 Å². The van der Waals surface area contributed by atoms with Crippen molar-refractivity contribution >= 4 is 34.7 Å². The predicted molar refractivity (Wildman–Crippen MR) is 139 cm³/mol. The number of furan rings is 1. The van der Waals surface area contributed by atoms with E-state index in [1.807, 2.05) is 57.2 Å². The molecule has 4 amide bonds. The quantitative estimate of drug-likeness (QED) is 0.299. The van der Waals surface area contributed by atoms with Gasteiger partial charge in [0, 0.05) is 24.0 Å². The van der Waals surface area contributed by atoms with Gasteiger partial charge in [-0.3, -0.25) is 9.69 Å². The highest BCUT2D eigenvalue weighted by Gasteiger charge is 2.46. The summed E-state index contributed by atoms with van der Waals surface area (Å²) < 4.78 is 5.90. The topological polar surface area (TPSA) is 132 Å². The lowest BCUT2D eigenvalue weighted by Gasteiger charge is -2.46. The summed E-state index contributed by atoms with van der Waals surface area (Å²) in [5.74, 6) is 6.04. The van der Waals surface area contributed by atoms with E-state index in [4.69, 9.17) is 10.3 Å². The Balaban J connectivity index is 1.70. The molecule has 1 aliphatic heterocycles. The number of nitrogens with two attached hydrogens (primary N) is 1. The third-order valence-electron chi connectivity index (χ3n) is 6.74. The fraction of sp³-hybridized carbons (Fsp3) is 0.370. The van der Waals surface area contributed by atoms with E-state index in [1.165, 1.54) is 18.7 Å². The summed E-state index contributed by atoms with van der Waals surface area (Å²) in [6.07, 6.45) is -0.251. The number of hydrazine groups is 1. The number of nitrogens with zero attached hydrogens (tertiary/aromatic N) is 3. The van der Waals surface area contributed by atoms with Crippen LogP contribution >= 0.6 is 0 Å². The minimum Gasteiger partial charge on any atom is -0.481 e. The van der Waals surface area contributed by atoms with Crippen LogP contribution in [0.25, 0.3) is 11.0 Å². The van der Waals surface area contributed by atoms with Gasteiger partial charge in [-0.15, -0.1) is 0 Å². The van der Waals surface area contributed by atoms with Crippen molar-refractivity contribution in [3.63, 3.8) is 0 Å². The average Bonchev–Trinajstić information content (AvgIpc) is 3.18. The summed E-state index contributed by atoms with van der Waals surface area (Å²) in [6, 6.07) is 11.8. The molecular formula is C27H33N5O5. The maximum absolute atomic E-state index is 13.7. The Kier molecular flexibility index (Phi) is 6.88. The molecule has 1 aromatic heterocycles. The second-order valence-corrected chi connectivity index (χ2v) is 10.1. The van der Waals surface area contributed by atoms with E-state index < -0.39 is 29.7 Å². The lowest BCUT2D eigenvalue weighted by atomic mass is 9.93. The predicted octanol–water partition coefficient (Wildman–Crippen LogP) is 4.65. The number of fused-ring (bicyclic) bond motifs is 1. The molecule has 0 bridgehead atoms. The third-order valence-corrected chi connectivity index (χ3v) is 6.74. The number of carbonyl (C=O) groups excluding carboxylic acids is 2. The fourth-order valence-corrected chi connectivity index (χ4v) is 4.37. The van der Waals surface area contributed by atoms with Gasteiger partial charge in [-0.1, -0.05) is 36.8 Å². The molecule has 2 aromatic carbocycles. The molecule has 10 heteroatoms. The van der Waals surface area contributed by atoms with Crippen LogP contribution < -0.4 is 11.2 Å². The molecule has 1 atom stereocenters. The van der Waals surface area contributed by atoms with Crippen molar-refractivity contribution in [2.75, 3.05) is 11.9 Å². The molecule has 1 fully saturated rings. The van der Waals surface area contributed by atoms with E-state index in [1.54, 1.807) is 6.07 Å². The Hall–Kier alpha value is -4.05. The number of carbonyl (C=O) groups is 3. The van der Waals surface area contributed by atoms with Crippen LogP contribution in [0.4, 0.5) is 15.3 Å². The molecule has 1 unspecified atom stereocenters. The SMILES string of the molecule is CCc1oc2ccc(NC3N(N)C(=O)N(CC(C)(C)C(=O)O)C(=O)N3Cc3ccc(C)cc3)cc2c1C. The van der Waals surface area contributed by atoms with Crippen molar-refractivity contribution in [3.8, 4) is 0 Å². The molecule has 3 aromatic rings. The summed E-state index contributed by atoms with van der Waals surface area (Å²) in [7, 11) is 0. The summed E-state index contributed by atoms with van der Waals surface area (Å²) in [6.45, 7) is 8.71. The van der Waals surface area contributed by atoms with Crippen LogP contribution in [-0.2, 0) is 17.8 Å². The number of hydrogen-bond donors (Lipinski definition) is 3. The Bertz CT molecular complexity index is 1350. The number of aliphatic carboxylic acids is 1. The Morgan fingerprint density at radius 3 is 2.41 bits per heavy atom. The standard InChI is InChI=1S/C27H33N5O5/c1-6-21-17(3)20-13-19(11-12-22(20)37-21)29-24-30(14-18-9-7-16(2)8-10-18)25(35)31(26(36)32(24)28)15-27(4,5)23(33)34/h7-13,24,29H,6,14-15,28H2,1-5H3,(H,33,34). The average molecular weight is 508 g/mol. The fourth-order valence-electron chi connectivity index (χ4n) is 4.37. The van der Waals surface area contributed by atoms with Crippen LogP contribution in [0.1, 0.15) is 43.2 Å². The van der Waals surface area contributed by atoms with Crippen molar-refractivity contribution in [1.29, 1.82) is 0 Å². The molecule has 10 nitrogen and oxygen atoms in total. The molecule has 2 heterocycles. The maximum atomic E-state index is 13.7. The van der Waals surface area contributed by atoms with Gasteiger partial charge in [0.1, 0.15) is 11.3 Å². The van der Waals surface area contributed by atoms with E-state index in [0.29, 0.717) is 5.69 Å². The minimum absolute atomic E-state index is 0.148. The summed E-state index contributed by atoms with van der Waals surface area (Å²) in [5, 5.41) is 14.7. The molecule has 0 aliphatic carbocycles. The van der Waals surface area contributed by atoms with Gasteiger partial charge in [-0.2, -0.15) is 0 Å². The van der Waals surface area contributed by atoms with Gasteiger partial charge < -0.3 is 14.8 Å². The molecule has 1 saturated heterocycles. The largest absolute Gasteiger partial charge is 0.481 e. The molecule has 1 aliphatic rings. The first-order valence-corrected chi connectivity index (χ1v) is 12.2. The minimum atomic E-state index is -1.36. The maximum Gasteiger partial charge on any atom is 0.345 e.